The summed E-state index contributed by atoms with van der Waals surface area (Å²) in [7, 11) is 0. The third-order valence-electron chi connectivity index (χ3n) is 3.15. The Balaban J connectivity index is 1.62. The van der Waals surface area contributed by atoms with E-state index >= 15 is 0 Å². The van der Waals surface area contributed by atoms with Crippen molar-refractivity contribution in [2.45, 2.75) is 13.5 Å². The van der Waals surface area contributed by atoms with Crippen molar-refractivity contribution >= 4 is 17.2 Å². The highest BCUT2D eigenvalue weighted by Crippen LogP contribution is 2.26. The van der Waals surface area contributed by atoms with E-state index in [1.165, 1.54) is 11.3 Å². The van der Waals surface area contributed by atoms with Crippen LogP contribution in [0, 0.1) is 5.41 Å². The Morgan fingerprint density at radius 3 is 3.00 bits per heavy atom. The first-order valence-corrected chi connectivity index (χ1v) is 7.12. The molecule has 3 rings (SSSR count). The number of aromatic nitrogens is 3. The molecule has 1 saturated heterocycles. The van der Waals surface area contributed by atoms with E-state index in [0.29, 0.717) is 19.8 Å². The van der Waals surface area contributed by atoms with Gasteiger partial charge in [0.25, 0.3) is 0 Å². The smallest absolute Gasteiger partial charge is 0.230 e. The van der Waals surface area contributed by atoms with Crippen molar-refractivity contribution in [3.8, 4) is 10.7 Å². The predicted octanol–water partition coefficient (Wildman–Crippen LogP) is 1.25. The Morgan fingerprint density at radius 1 is 1.50 bits per heavy atom. The van der Waals surface area contributed by atoms with Gasteiger partial charge < -0.3 is 10.1 Å². The molecule has 0 spiro atoms. The van der Waals surface area contributed by atoms with Crippen LogP contribution < -0.4 is 5.32 Å². The summed E-state index contributed by atoms with van der Waals surface area (Å²) in [6.45, 7) is 3.30. The number of hydrogen-bond donors (Lipinski definition) is 1. The molecule has 0 unspecified atom stereocenters. The molecule has 0 bridgehead atoms. The molecule has 2 aromatic heterocycles. The minimum atomic E-state index is -0.385. The Bertz CT molecular complexity index is 610. The number of carbonyl (C=O) groups excluding carboxylic acids is 1. The van der Waals surface area contributed by atoms with Gasteiger partial charge in [-0.15, -0.1) is 11.3 Å². The average molecular weight is 290 g/mol. The maximum absolute atomic E-state index is 12.0. The fraction of sp³-hybridized carbons (Fsp3) is 0.385. The Hall–Kier alpha value is -1.86. The van der Waals surface area contributed by atoms with Gasteiger partial charge in [-0.3, -0.25) is 14.8 Å². The van der Waals surface area contributed by atoms with E-state index in [1.807, 2.05) is 12.3 Å². The molecule has 1 aliphatic heterocycles. The van der Waals surface area contributed by atoms with Gasteiger partial charge in [0.15, 0.2) is 0 Å². The monoisotopic (exact) mass is 290 g/mol. The molecule has 104 valence electrons. The van der Waals surface area contributed by atoms with Gasteiger partial charge >= 0.3 is 0 Å². The predicted molar refractivity (Wildman–Crippen MR) is 73.9 cm³/mol. The van der Waals surface area contributed by atoms with Crippen LogP contribution >= 0.6 is 11.3 Å². The van der Waals surface area contributed by atoms with Gasteiger partial charge in [0, 0.05) is 17.8 Å². The number of nitrogens with one attached hydrogen (secondary N) is 1. The van der Waals surface area contributed by atoms with Crippen molar-refractivity contribution in [3.63, 3.8) is 0 Å². The zero-order valence-corrected chi connectivity index (χ0v) is 11.8. The maximum Gasteiger partial charge on any atom is 0.230 e. The molecule has 0 aromatic carbocycles. The highest BCUT2D eigenvalue weighted by molar-refractivity contribution is 7.13. The molecule has 1 aliphatic rings. The molecule has 6 nitrogen and oxygen atoms in total. The van der Waals surface area contributed by atoms with Crippen molar-refractivity contribution in [1.29, 1.82) is 0 Å². The number of hydrogen-bond acceptors (Lipinski definition) is 6. The second kappa shape index (κ2) is 5.26. The van der Waals surface area contributed by atoms with Crippen LogP contribution in [0.1, 0.15) is 12.6 Å². The number of carbonyl (C=O) groups is 1. The molecular formula is C13H14N4O2S. The third kappa shape index (κ3) is 2.54. The van der Waals surface area contributed by atoms with Gasteiger partial charge in [-0.1, -0.05) is 0 Å². The lowest BCUT2D eigenvalue weighted by molar-refractivity contribution is -0.157. The molecule has 1 fully saturated rings. The molecule has 3 heterocycles. The van der Waals surface area contributed by atoms with Crippen LogP contribution in [-0.2, 0) is 16.1 Å². The second-order valence-corrected chi connectivity index (χ2v) is 5.83. The zero-order valence-electron chi connectivity index (χ0n) is 11.0. The zero-order chi connectivity index (χ0) is 14.0. The minimum Gasteiger partial charge on any atom is -0.379 e. The van der Waals surface area contributed by atoms with E-state index in [1.54, 1.807) is 18.6 Å². The normalized spacial score (nSPS) is 16.4. The molecule has 7 heteroatoms. The number of thiazole rings is 1. The molecule has 2 aromatic rings. The van der Waals surface area contributed by atoms with Crippen LogP contribution in [0.3, 0.4) is 0 Å². The Labute approximate surface area is 120 Å². The number of rotatable bonds is 4. The standard InChI is InChI=1S/C13H14N4O2S/c1-13(7-19-8-13)12(18)16-4-9-6-20-11(17-9)10-5-14-2-3-15-10/h2-3,5-6H,4,7-8H2,1H3,(H,16,18). The van der Waals surface area contributed by atoms with E-state index in [-0.39, 0.29) is 11.3 Å². The van der Waals surface area contributed by atoms with Crippen molar-refractivity contribution in [2.75, 3.05) is 13.2 Å². The van der Waals surface area contributed by atoms with Crippen LogP contribution in [0.15, 0.2) is 24.0 Å². The second-order valence-electron chi connectivity index (χ2n) is 4.97. The van der Waals surface area contributed by atoms with Crippen LogP contribution in [0.2, 0.25) is 0 Å². The highest BCUT2D eigenvalue weighted by Gasteiger charge is 2.40. The lowest BCUT2D eigenvalue weighted by atomic mass is 9.87. The summed E-state index contributed by atoms with van der Waals surface area (Å²) in [5.74, 6) is 0.0119. The largest absolute Gasteiger partial charge is 0.379 e. The summed E-state index contributed by atoms with van der Waals surface area (Å²) in [5, 5.41) is 5.62. The van der Waals surface area contributed by atoms with Crippen LogP contribution in [-0.4, -0.2) is 34.1 Å². The topological polar surface area (TPSA) is 77.0 Å². The maximum atomic E-state index is 12.0. The minimum absolute atomic E-state index is 0.0119. The highest BCUT2D eigenvalue weighted by atomic mass is 32.1. The van der Waals surface area contributed by atoms with Gasteiger partial charge in [0.2, 0.25) is 5.91 Å². The molecule has 0 aliphatic carbocycles. The summed E-state index contributed by atoms with van der Waals surface area (Å²) in [6.07, 6.45) is 4.93. The Kier molecular flexibility index (Phi) is 3.45. The first-order chi connectivity index (χ1) is 9.67. The Morgan fingerprint density at radius 2 is 2.35 bits per heavy atom. The lowest BCUT2D eigenvalue weighted by Gasteiger charge is -2.36. The van der Waals surface area contributed by atoms with E-state index in [0.717, 1.165) is 16.4 Å². The SMILES string of the molecule is CC1(C(=O)NCc2csc(-c3cnccn3)n2)COC1. The van der Waals surface area contributed by atoms with Gasteiger partial charge in [0.1, 0.15) is 10.7 Å². The van der Waals surface area contributed by atoms with Crippen LogP contribution in [0.25, 0.3) is 10.7 Å². The summed E-state index contributed by atoms with van der Waals surface area (Å²) >= 11 is 1.49. The molecule has 1 amide bonds. The van der Waals surface area contributed by atoms with Gasteiger partial charge in [-0.25, -0.2) is 4.98 Å². The first kappa shape index (κ1) is 13.1. The lowest BCUT2D eigenvalue weighted by Crippen LogP contribution is -2.51. The van der Waals surface area contributed by atoms with Crippen molar-refractivity contribution < 1.29 is 9.53 Å². The van der Waals surface area contributed by atoms with Crippen molar-refractivity contribution in [3.05, 3.63) is 29.7 Å². The summed E-state index contributed by atoms with van der Waals surface area (Å²) in [5.41, 5.74) is 1.19. The molecule has 20 heavy (non-hydrogen) atoms. The third-order valence-corrected chi connectivity index (χ3v) is 4.07. The summed E-state index contributed by atoms with van der Waals surface area (Å²) in [4.78, 5) is 24.6. The van der Waals surface area contributed by atoms with Crippen LogP contribution in [0.4, 0.5) is 0 Å². The molecule has 0 saturated carbocycles. The van der Waals surface area contributed by atoms with Crippen LogP contribution in [0.5, 0.6) is 0 Å². The first-order valence-electron chi connectivity index (χ1n) is 6.24. The molecular weight excluding hydrogens is 276 g/mol. The number of ether oxygens (including phenoxy) is 1. The quantitative estimate of drug-likeness (QED) is 0.917. The van der Waals surface area contributed by atoms with E-state index < -0.39 is 0 Å². The van der Waals surface area contributed by atoms with Gasteiger partial charge in [-0.2, -0.15) is 0 Å². The molecule has 0 radical (unpaired) electrons. The number of nitrogens with zero attached hydrogens (tertiary/aromatic N) is 3. The van der Waals surface area contributed by atoms with Gasteiger partial charge in [0.05, 0.1) is 37.1 Å². The number of amides is 1. The fourth-order valence-corrected chi connectivity index (χ4v) is 2.62. The fourth-order valence-electron chi connectivity index (χ4n) is 1.84. The average Bonchev–Trinajstić information content (AvgIpc) is 2.92. The van der Waals surface area contributed by atoms with Gasteiger partial charge in [-0.05, 0) is 6.92 Å². The van der Waals surface area contributed by atoms with Crippen molar-refractivity contribution in [1.82, 2.24) is 20.3 Å². The summed E-state index contributed by atoms with van der Waals surface area (Å²) in [6, 6.07) is 0. The van der Waals surface area contributed by atoms with Crippen molar-refractivity contribution in [2.24, 2.45) is 5.41 Å². The molecule has 1 N–H and O–H groups in total. The van der Waals surface area contributed by atoms with E-state index in [9.17, 15) is 4.79 Å². The molecule has 0 atom stereocenters. The van der Waals surface area contributed by atoms with E-state index in [2.05, 4.69) is 20.3 Å². The van der Waals surface area contributed by atoms with E-state index in [4.69, 9.17) is 4.74 Å². The summed E-state index contributed by atoms with van der Waals surface area (Å²) < 4.78 is 5.08.